The summed E-state index contributed by atoms with van der Waals surface area (Å²) < 4.78 is 33.4. The van der Waals surface area contributed by atoms with E-state index < -0.39 is 16.1 Å². The predicted molar refractivity (Wildman–Crippen MR) is 111 cm³/mol. The van der Waals surface area contributed by atoms with Crippen LogP contribution < -0.4 is 14.8 Å². The molecule has 1 amide bonds. The van der Waals surface area contributed by atoms with Crippen LogP contribution in [0.4, 0.5) is 5.69 Å². The van der Waals surface area contributed by atoms with E-state index in [0.29, 0.717) is 30.9 Å². The molecule has 0 unspecified atom stereocenters. The molecule has 7 nitrogen and oxygen atoms in total. The molecule has 0 saturated heterocycles. The molecule has 2 aromatic carbocycles. The average Bonchev–Trinajstić information content (AvgIpc) is 2.99. The fourth-order valence-corrected chi connectivity index (χ4v) is 4.53. The predicted octanol–water partition coefficient (Wildman–Crippen LogP) is 2.88. The van der Waals surface area contributed by atoms with Crippen LogP contribution in [0.15, 0.2) is 58.4 Å². The lowest BCUT2D eigenvalue weighted by molar-refractivity contribution is -0.122. The Bertz CT molecular complexity index is 1010. The molecular formula is C21H23N3O4S. The first kappa shape index (κ1) is 19.4. The molecule has 8 heteroatoms. The first-order valence-electron chi connectivity index (χ1n) is 9.73. The lowest BCUT2D eigenvalue weighted by Crippen LogP contribution is -2.31. The number of benzene rings is 2. The monoisotopic (exact) mass is 413 g/mol. The first-order valence-corrected chi connectivity index (χ1v) is 11.2. The van der Waals surface area contributed by atoms with Crippen LogP contribution in [0.5, 0.6) is 5.75 Å². The van der Waals surface area contributed by atoms with Gasteiger partial charge in [0, 0.05) is 25.1 Å². The molecular weight excluding hydrogens is 390 g/mol. The Kier molecular flexibility index (Phi) is 5.53. The third-order valence-corrected chi connectivity index (χ3v) is 6.40. The van der Waals surface area contributed by atoms with Crippen LogP contribution in [-0.4, -0.2) is 32.8 Å². The van der Waals surface area contributed by atoms with Crippen molar-refractivity contribution in [2.24, 2.45) is 4.99 Å². The van der Waals surface area contributed by atoms with Crippen LogP contribution in [0.25, 0.3) is 0 Å². The molecule has 4 rings (SSSR count). The van der Waals surface area contributed by atoms with Gasteiger partial charge < -0.3 is 10.1 Å². The molecule has 2 N–H and O–H groups in total. The number of rotatable bonds is 4. The van der Waals surface area contributed by atoms with Crippen LogP contribution in [0.2, 0.25) is 0 Å². The van der Waals surface area contributed by atoms with Gasteiger partial charge in [0.25, 0.3) is 15.9 Å². The molecule has 0 aromatic heterocycles. The number of hydrogen-bond donors (Lipinski definition) is 2. The number of ether oxygens (including phenoxy) is 1. The van der Waals surface area contributed by atoms with Gasteiger partial charge in [-0.15, -0.1) is 0 Å². The molecule has 1 atom stereocenters. The number of hydrogen-bond acceptors (Lipinski definition) is 5. The first-order chi connectivity index (χ1) is 14.0. The number of nitrogens with zero attached hydrogens (tertiary/aromatic N) is 1. The zero-order chi connectivity index (χ0) is 20.3. The van der Waals surface area contributed by atoms with E-state index in [1.165, 1.54) is 12.1 Å². The van der Waals surface area contributed by atoms with Gasteiger partial charge in [-0.05, 0) is 48.7 Å². The van der Waals surface area contributed by atoms with E-state index >= 15 is 0 Å². The van der Waals surface area contributed by atoms with Gasteiger partial charge in [0.1, 0.15) is 11.6 Å². The Balaban J connectivity index is 1.39. The Morgan fingerprint density at radius 1 is 1.03 bits per heavy atom. The highest BCUT2D eigenvalue weighted by Crippen LogP contribution is 2.28. The molecule has 2 heterocycles. The zero-order valence-electron chi connectivity index (χ0n) is 15.9. The SMILES string of the molecule is O=C(Nc1ccc(S(=O)(=O)NC2=NCCCCC2)cc1)[C@H]1Cc2ccccc2O1. The van der Waals surface area contributed by atoms with Crippen molar-refractivity contribution in [1.82, 2.24) is 4.72 Å². The number of carbonyl (C=O) groups is 1. The van der Waals surface area contributed by atoms with Crippen molar-refractivity contribution >= 4 is 27.5 Å². The van der Waals surface area contributed by atoms with Gasteiger partial charge in [-0.2, -0.15) is 0 Å². The molecule has 0 aliphatic carbocycles. The third-order valence-electron chi connectivity index (χ3n) is 5.00. The van der Waals surface area contributed by atoms with Crippen molar-refractivity contribution in [3.05, 3.63) is 54.1 Å². The highest BCUT2D eigenvalue weighted by Gasteiger charge is 2.28. The van der Waals surface area contributed by atoms with E-state index in [1.54, 1.807) is 12.1 Å². The fourth-order valence-electron chi connectivity index (χ4n) is 3.44. The Hall–Kier alpha value is -2.87. The number of para-hydroxylation sites is 1. The maximum atomic E-state index is 12.6. The van der Waals surface area contributed by atoms with E-state index in [0.717, 1.165) is 30.6 Å². The number of fused-ring (bicyclic) bond motifs is 1. The van der Waals surface area contributed by atoms with E-state index in [2.05, 4.69) is 15.0 Å². The number of amidine groups is 1. The van der Waals surface area contributed by atoms with Crippen LogP contribution >= 0.6 is 0 Å². The summed E-state index contributed by atoms with van der Waals surface area (Å²) >= 11 is 0. The van der Waals surface area contributed by atoms with Crippen LogP contribution in [0, 0.1) is 0 Å². The normalized spacial score (nSPS) is 18.8. The largest absolute Gasteiger partial charge is 0.480 e. The lowest BCUT2D eigenvalue weighted by Gasteiger charge is -2.13. The lowest BCUT2D eigenvalue weighted by atomic mass is 10.1. The van der Waals surface area contributed by atoms with Crippen molar-refractivity contribution in [1.29, 1.82) is 0 Å². The summed E-state index contributed by atoms with van der Waals surface area (Å²) in [6, 6.07) is 13.6. The number of aliphatic imine (C=N–C) groups is 1. The van der Waals surface area contributed by atoms with Gasteiger partial charge in [0.15, 0.2) is 6.10 Å². The maximum absolute atomic E-state index is 12.6. The molecule has 0 bridgehead atoms. The number of sulfonamides is 1. The summed E-state index contributed by atoms with van der Waals surface area (Å²) in [4.78, 5) is 16.9. The Labute approximate surface area is 170 Å². The van der Waals surface area contributed by atoms with Crippen molar-refractivity contribution < 1.29 is 17.9 Å². The van der Waals surface area contributed by atoms with Crippen LogP contribution in [-0.2, 0) is 21.2 Å². The summed E-state index contributed by atoms with van der Waals surface area (Å²) in [6.07, 6.45) is 3.52. The third kappa shape index (κ3) is 4.59. The smallest absolute Gasteiger partial charge is 0.265 e. The summed E-state index contributed by atoms with van der Waals surface area (Å²) in [5, 5.41) is 2.78. The van der Waals surface area contributed by atoms with Crippen molar-refractivity contribution in [2.45, 2.75) is 43.1 Å². The molecule has 0 spiro atoms. The molecule has 2 aromatic rings. The summed E-state index contributed by atoms with van der Waals surface area (Å²) in [5.41, 5.74) is 1.52. The van der Waals surface area contributed by atoms with Crippen LogP contribution in [0.1, 0.15) is 31.2 Å². The second kappa shape index (κ2) is 8.24. The highest BCUT2D eigenvalue weighted by molar-refractivity contribution is 7.90. The molecule has 2 aliphatic rings. The molecule has 152 valence electrons. The number of amides is 1. The Morgan fingerprint density at radius 2 is 1.83 bits per heavy atom. The topological polar surface area (TPSA) is 96.9 Å². The van der Waals surface area contributed by atoms with Gasteiger partial charge in [-0.3, -0.25) is 14.5 Å². The van der Waals surface area contributed by atoms with Gasteiger partial charge >= 0.3 is 0 Å². The fraction of sp³-hybridized carbons (Fsp3) is 0.333. The minimum atomic E-state index is -3.69. The minimum absolute atomic E-state index is 0.131. The standard InChI is InChI=1S/C21H23N3O4S/c25-21(19-14-15-6-3-4-7-18(15)28-19)23-16-9-11-17(12-10-16)29(26,27)24-20-8-2-1-5-13-22-20/h3-4,6-7,9-12,19H,1-2,5,8,13-14H2,(H,22,24)(H,23,25)/t19-/m1/s1. The molecule has 0 fully saturated rings. The number of carbonyl (C=O) groups excluding carboxylic acids is 1. The maximum Gasteiger partial charge on any atom is 0.265 e. The van der Waals surface area contributed by atoms with E-state index in [-0.39, 0.29) is 10.8 Å². The highest BCUT2D eigenvalue weighted by atomic mass is 32.2. The van der Waals surface area contributed by atoms with Crippen LogP contribution in [0.3, 0.4) is 0 Å². The van der Waals surface area contributed by atoms with Gasteiger partial charge in [-0.25, -0.2) is 8.42 Å². The Morgan fingerprint density at radius 3 is 2.62 bits per heavy atom. The van der Waals surface area contributed by atoms with E-state index in [4.69, 9.17) is 4.74 Å². The van der Waals surface area contributed by atoms with E-state index in [9.17, 15) is 13.2 Å². The van der Waals surface area contributed by atoms with Gasteiger partial charge in [-0.1, -0.05) is 24.6 Å². The quantitative estimate of drug-likeness (QED) is 0.805. The second-order valence-corrected chi connectivity index (χ2v) is 8.86. The van der Waals surface area contributed by atoms with Gasteiger partial charge in [0.2, 0.25) is 0 Å². The molecule has 0 radical (unpaired) electrons. The van der Waals surface area contributed by atoms with Crippen molar-refractivity contribution in [3.8, 4) is 5.75 Å². The summed E-state index contributed by atoms with van der Waals surface area (Å²) in [6.45, 7) is 0.649. The van der Waals surface area contributed by atoms with Crippen molar-refractivity contribution in [3.63, 3.8) is 0 Å². The minimum Gasteiger partial charge on any atom is -0.480 e. The van der Waals surface area contributed by atoms with Crippen molar-refractivity contribution in [2.75, 3.05) is 11.9 Å². The molecule has 2 aliphatic heterocycles. The average molecular weight is 413 g/mol. The zero-order valence-corrected chi connectivity index (χ0v) is 16.7. The van der Waals surface area contributed by atoms with Gasteiger partial charge in [0.05, 0.1) is 4.90 Å². The van der Waals surface area contributed by atoms with E-state index in [1.807, 2.05) is 24.3 Å². The number of anilines is 1. The summed E-state index contributed by atoms with van der Waals surface area (Å²) in [5.74, 6) is 0.974. The summed E-state index contributed by atoms with van der Waals surface area (Å²) in [7, 11) is -3.69. The molecule has 29 heavy (non-hydrogen) atoms. The molecule has 0 saturated carbocycles. The number of nitrogens with one attached hydrogen (secondary N) is 2. The second-order valence-electron chi connectivity index (χ2n) is 7.18.